The highest BCUT2D eigenvalue weighted by Gasteiger charge is 2.40. The van der Waals surface area contributed by atoms with E-state index < -0.39 is 29.4 Å². The molecule has 1 fully saturated rings. The number of carbonyl (C=O) groups excluding carboxylic acids is 4. The summed E-state index contributed by atoms with van der Waals surface area (Å²) >= 11 is 9.60. The van der Waals surface area contributed by atoms with Gasteiger partial charge >= 0.3 is 11.9 Å². The Bertz CT molecular complexity index is 2810. The third kappa shape index (κ3) is 15.6. The van der Waals surface area contributed by atoms with E-state index in [4.69, 9.17) is 4.74 Å². The molecule has 0 aliphatic carbocycles. The van der Waals surface area contributed by atoms with E-state index in [0.717, 1.165) is 47.4 Å². The normalized spacial score (nSPS) is 14.8. The number of likely N-dealkylation sites (tertiary alicyclic amines) is 1. The lowest BCUT2D eigenvalue weighted by atomic mass is 9.91. The number of ketones is 2. The predicted octanol–water partition coefficient (Wildman–Crippen LogP) is 12.8. The minimum atomic E-state index is -0.962. The molecule has 3 atom stereocenters. The summed E-state index contributed by atoms with van der Waals surface area (Å²) in [6.07, 6.45) is 8.75. The summed E-state index contributed by atoms with van der Waals surface area (Å²) in [5, 5.41) is 9.65. The number of aliphatic carboxylic acids is 1. The van der Waals surface area contributed by atoms with Crippen LogP contribution in [0.3, 0.4) is 0 Å². The molecule has 0 bridgehead atoms. The van der Waals surface area contributed by atoms with Crippen LogP contribution in [0.15, 0.2) is 107 Å². The second-order valence-corrected chi connectivity index (χ2v) is 24.8. The van der Waals surface area contributed by atoms with Gasteiger partial charge in [0.15, 0.2) is 23.2 Å². The number of Topliss-reactive ketones (excluding diaryl/α,β-unsaturated/α-hetero) is 2. The minimum absolute atomic E-state index is 0.0169. The Kier molecular flexibility index (Phi) is 18.2. The Hall–Kier alpha value is -5.29. The van der Waals surface area contributed by atoms with Crippen molar-refractivity contribution in [3.8, 4) is 22.8 Å². The van der Waals surface area contributed by atoms with Gasteiger partial charge in [-0.3, -0.25) is 19.2 Å². The monoisotopic (exact) mass is 1130 g/mol. The fraction of sp³-hybridized carbons (Fsp3) is 0.400. The van der Waals surface area contributed by atoms with Crippen LogP contribution in [0.4, 0.5) is 0 Å². The zero-order valence-electron chi connectivity index (χ0n) is 41.6. The molecule has 4 aromatic heterocycles. The number of ether oxygens (including phenoxy) is 1. The molecule has 1 amide bonds. The fourth-order valence-corrected chi connectivity index (χ4v) is 10.3. The highest BCUT2D eigenvalue weighted by molar-refractivity contribution is 9.10. The highest BCUT2D eigenvalue weighted by atomic mass is 79.9. The summed E-state index contributed by atoms with van der Waals surface area (Å²) in [5.41, 5.74) is 2.75. The van der Waals surface area contributed by atoms with Crippen LogP contribution in [0.5, 0.6) is 0 Å². The van der Waals surface area contributed by atoms with Gasteiger partial charge in [-0.1, -0.05) is 90.1 Å². The molecule has 6 aromatic rings. The third-order valence-electron chi connectivity index (χ3n) is 11.6. The lowest BCUT2D eigenvalue weighted by Crippen LogP contribution is -2.46. The van der Waals surface area contributed by atoms with Crippen LogP contribution in [-0.4, -0.2) is 77.5 Å². The van der Waals surface area contributed by atoms with Crippen LogP contribution in [0.2, 0.25) is 0 Å². The van der Waals surface area contributed by atoms with Crippen molar-refractivity contribution in [2.75, 3.05) is 6.54 Å². The zero-order valence-corrected chi connectivity index (χ0v) is 46.4. The molecule has 1 N–H and O–H groups in total. The molecule has 0 unspecified atom stereocenters. The van der Waals surface area contributed by atoms with E-state index in [2.05, 4.69) is 93.3 Å². The van der Waals surface area contributed by atoms with Crippen molar-refractivity contribution >= 4 is 83.9 Å². The van der Waals surface area contributed by atoms with Gasteiger partial charge in [0.25, 0.3) is 0 Å². The van der Waals surface area contributed by atoms with E-state index in [9.17, 15) is 29.1 Å². The van der Waals surface area contributed by atoms with Crippen molar-refractivity contribution in [3.05, 3.63) is 137 Å². The number of hydrogen-bond acceptors (Lipinski definition) is 12. The molecule has 1 saturated heterocycles. The van der Waals surface area contributed by atoms with Crippen LogP contribution in [-0.2, 0) is 42.8 Å². The van der Waals surface area contributed by atoms with Crippen LogP contribution in [0.25, 0.3) is 22.8 Å². The van der Waals surface area contributed by atoms with E-state index in [-0.39, 0.29) is 47.1 Å². The smallest absolute Gasteiger partial charge is 0.329 e. The number of aromatic nitrogens is 4. The third-order valence-corrected chi connectivity index (χ3v) is 15.6. The SMILES string of the molecule is CC(C)(C)OC(=O)[C@@H]1CCCN1C(=O)[C@@H](CC(=O)c1ccc(C(C)(C)C)s1)Cc1ccc(-c2ncc(Br)cn2)cc1.CC(C)(C)c1ccc(C(=O)C[C@@H](Cc2ccc(-c3ncc(Br)cn3)cc2)C(=O)O)s1. The van der Waals surface area contributed by atoms with Crippen molar-refractivity contribution in [1.29, 1.82) is 0 Å². The summed E-state index contributed by atoms with van der Waals surface area (Å²) in [4.78, 5) is 87.4. The number of halogens is 2. The molecule has 7 rings (SSSR count). The quantitative estimate of drug-likeness (QED) is 0.0767. The van der Waals surface area contributed by atoms with E-state index in [1.165, 1.54) is 22.7 Å². The molecule has 71 heavy (non-hydrogen) atoms. The van der Waals surface area contributed by atoms with Crippen LogP contribution in [0, 0.1) is 11.8 Å². The maximum Gasteiger partial charge on any atom is 0.329 e. The summed E-state index contributed by atoms with van der Waals surface area (Å²) < 4.78 is 7.24. The van der Waals surface area contributed by atoms with Gasteiger partial charge in [-0.05, 0) is 125 Å². The van der Waals surface area contributed by atoms with Crippen LogP contribution < -0.4 is 0 Å². The number of carboxylic acids is 1. The number of benzene rings is 2. The number of rotatable bonds is 15. The van der Waals surface area contributed by atoms with Gasteiger partial charge in [0.1, 0.15) is 11.6 Å². The molecule has 1 aliphatic rings. The Labute approximate surface area is 441 Å². The Morgan fingerprint density at radius 1 is 0.634 bits per heavy atom. The molecular formula is C55H61Br2N5O7S2. The largest absolute Gasteiger partial charge is 0.481 e. The van der Waals surface area contributed by atoms with Gasteiger partial charge in [0, 0.05) is 71.0 Å². The van der Waals surface area contributed by atoms with Gasteiger partial charge in [0.05, 0.1) is 24.6 Å². The number of carbonyl (C=O) groups is 5. The highest BCUT2D eigenvalue weighted by Crippen LogP contribution is 2.34. The van der Waals surface area contributed by atoms with Crippen LogP contribution in [0.1, 0.15) is 128 Å². The molecule has 0 spiro atoms. The minimum Gasteiger partial charge on any atom is -0.481 e. The van der Waals surface area contributed by atoms with E-state index in [1.807, 2.05) is 87.5 Å². The lowest BCUT2D eigenvalue weighted by molar-refractivity contribution is -0.164. The second-order valence-electron chi connectivity index (χ2n) is 20.8. The van der Waals surface area contributed by atoms with Crippen molar-refractivity contribution in [1.82, 2.24) is 24.8 Å². The van der Waals surface area contributed by atoms with Gasteiger partial charge in [-0.15, -0.1) is 22.7 Å². The Morgan fingerprint density at radius 2 is 1.04 bits per heavy atom. The van der Waals surface area contributed by atoms with Crippen LogP contribution >= 0.6 is 54.5 Å². The number of carboxylic acid groups (broad SMARTS) is 1. The second kappa shape index (κ2) is 23.5. The van der Waals surface area contributed by atoms with Crippen molar-refractivity contribution in [3.63, 3.8) is 0 Å². The molecular weight excluding hydrogens is 1070 g/mol. The van der Waals surface area contributed by atoms with Gasteiger partial charge in [0.2, 0.25) is 5.91 Å². The number of thiophene rings is 2. The molecule has 374 valence electrons. The number of esters is 1. The zero-order chi connectivity index (χ0) is 51.8. The molecule has 0 radical (unpaired) electrons. The van der Waals surface area contributed by atoms with E-state index >= 15 is 0 Å². The maximum absolute atomic E-state index is 14.0. The Balaban J connectivity index is 0.000000244. The molecule has 12 nitrogen and oxygen atoms in total. The number of hydrogen-bond donors (Lipinski definition) is 1. The van der Waals surface area contributed by atoms with Gasteiger partial charge in [-0.2, -0.15) is 0 Å². The first-order valence-electron chi connectivity index (χ1n) is 23.5. The average molecular weight is 1130 g/mol. The number of amides is 1. The van der Waals surface area contributed by atoms with E-state index in [0.29, 0.717) is 47.2 Å². The van der Waals surface area contributed by atoms with Gasteiger partial charge in [-0.25, -0.2) is 24.7 Å². The van der Waals surface area contributed by atoms with Crippen molar-refractivity contribution in [2.45, 2.75) is 123 Å². The first-order chi connectivity index (χ1) is 33.3. The van der Waals surface area contributed by atoms with E-state index in [1.54, 1.807) is 35.8 Å². The fourth-order valence-electron chi connectivity index (χ4n) is 7.88. The summed E-state index contributed by atoms with van der Waals surface area (Å²) in [5.74, 6) is -1.89. The number of nitrogens with zero attached hydrogens (tertiary/aromatic N) is 5. The average Bonchev–Trinajstić information content (AvgIpc) is 4.12. The van der Waals surface area contributed by atoms with Crippen molar-refractivity contribution in [2.24, 2.45) is 11.8 Å². The molecule has 5 heterocycles. The molecule has 16 heteroatoms. The van der Waals surface area contributed by atoms with Gasteiger partial charge < -0.3 is 14.7 Å². The predicted molar refractivity (Wildman–Crippen MR) is 287 cm³/mol. The maximum atomic E-state index is 14.0. The standard InChI is InChI=1S/C32H38BrN3O4S.C23H23BrN2O3S/c1-31(2,3)27-14-13-26(41-27)25(37)17-22(29(38)36-15-7-8-24(36)30(39)40-32(4,5)6)16-20-9-11-21(12-10-20)28-34-18-23(33)19-35-28;1-23(2,3)20-9-8-19(30-20)18(27)11-16(22(28)29)10-14-4-6-15(7-5-14)21-25-12-17(24)13-26-21/h9-14,18-19,22,24H,7-8,15-17H2,1-6H3;4-9,12-13,16H,10-11H2,1-3H3,(H,28,29)/t22-,24+;16-/m11/s1. The topological polar surface area (TPSA) is 170 Å². The first-order valence-corrected chi connectivity index (χ1v) is 26.7. The summed E-state index contributed by atoms with van der Waals surface area (Å²) in [7, 11) is 0. The lowest BCUT2D eigenvalue weighted by Gasteiger charge is -2.30. The molecule has 0 saturated carbocycles. The molecule has 1 aliphatic heterocycles. The first kappa shape index (κ1) is 55.0. The van der Waals surface area contributed by atoms with Crippen molar-refractivity contribution < 1.29 is 33.8 Å². The summed E-state index contributed by atoms with van der Waals surface area (Å²) in [6.45, 7) is 18.6. The Morgan fingerprint density at radius 3 is 1.42 bits per heavy atom. The molecule has 2 aromatic carbocycles. The summed E-state index contributed by atoms with van der Waals surface area (Å²) in [6, 6.07) is 22.2.